The summed E-state index contributed by atoms with van der Waals surface area (Å²) in [5.74, 6) is 2.41. The molecule has 0 aliphatic heterocycles. The van der Waals surface area contributed by atoms with Crippen LogP contribution < -0.4 is 15.4 Å². The summed E-state index contributed by atoms with van der Waals surface area (Å²) in [6.45, 7) is 2.52. The van der Waals surface area contributed by atoms with Crippen molar-refractivity contribution in [2.45, 2.75) is 19.9 Å². The number of nitrogens with one attached hydrogen (secondary N) is 2. The van der Waals surface area contributed by atoms with E-state index < -0.39 is 0 Å². The van der Waals surface area contributed by atoms with E-state index >= 15 is 0 Å². The molecule has 0 spiro atoms. The van der Waals surface area contributed by atoms with Crippen LogP contribution in [0.15, 0.2) is 47.1 Å². The number of methoxy groups -OCH3 is 1. The van der Waals surface area contributed by atoms with Crippen molar-refractivity contribution in [1.29, 1.82) is 0 Å². The van der Waals surface area contributed by atoms with Crippen LogP contribution in [0.2, 0.25) is 0 Å². The van der Waals surface area contributed by atoms with Crippen molar-refractivity contribution < 1.29 is 14.1 Å². The summed E-state index contributed by atoms with van der Waals surface area (Å²) < 4.78 is 12.1. The van der Waals surface area contributed by atoms with Crippen LogP contribution in [-0.2, 0) is 13.0 Å². The number of aromatic nitrogens is 5. The zero-order valence-corrected chi connectivity index (χ0v) is 16.6. The second kappa shape index (κ2) is 8.60. The monoisotopic (exact) mass is 407 g/mol. The van der Waals surface area contributed by atoms with Crippen LogP contribution in [0.1, 0.15) is 17.2 Å². The third-order valence-electron chi connectivity index (χ3n) is 4.52. The van der Waals surface area contributed by atoms with Gasteiger partial charge in [0.05, 0.1) is 13.7 Å². The number of carbonyl (C=O) groups is 1. The smallest absolute Gasteiger partial charge is 0.315 e. The lowest BCUT2D eigenvalue weighted by Gasteiger charge is -2.07. The lowest BCUT2D eigenvalue weighted by molar-refractivity contribution is 0.240. The summed E-state index contributed by atoms with van der Waals surface area (Å²) >= 11 is 0. The Balaban J connectivity index is 1.30. The topological polar surface area (TPSA) is 119 Å². The Kier molecular flexibility index (Phi) is 5.55. The first-order chi connectivity index (χ1) is 14.6. The number of urea groups is 1. The van der Waals surface area contributed by atoms with Crippen molar-refractivity contribution in [1.82, 2.24) is 35.4 Å². The molecule has 0 atom stereocenters. The third kappa shape index (κ3) is 4.37. The number of amides is 2. The van der Waals surface area contributed by atoms with Crippen LogP contribution in [-0.4, -0.2) is 44.4 Å². The van der Waals surface area contributed by atoms with Crippen molar-refractivity contribution in [3.63, 3.8) is 0 Å². The van der Waals surface area contributed by atoms with Gasteiger partial charge in [0.2, 0.25) is 0 Å². The summed E-state index contributed by atoms with van der Waals surface area (Å²) in [4.78, 5) is 16.3. The second-order valence-corrected chi connectivity index (χ2v) is 6.61. The highest BCUT2D eigenvalue weighted by Crippen LogP contribution is 2.18. The molecule has 4 rings (SSSR count). The van der Waals surface area contributed by atoms with Crippen LogP contribution in [0.25, 0.3) is 17.1 Å². The van der Waals surface area contributed by atoms with E-state index in [1.54, 1.807) is 24.5 Å². The Morgan fingerprint density at radius 1 is 1.17 bits per heavy atom. The van der Waals surface area contributed by atoms with E-state index in [-0.39, 0.29) is 12.6 Å². The van der Waals surface area contributed by atoms with Gasteiger partial charge in [-0.05, 0) is 43.2 Å². The zero-order valence-electron chi connectivity index (χ0n) is 16.6. The molecule has 0 saturated heterocycles. The maximum atomic E-state index is 12.1. The average Bonchev–Trinajstić information content (AvgIpc) is 3.38. The van der Waals surface area contributed by atoms with Gasteiger partial charge in [-0.1, -0.05) is 17.3 Å². The number of fused-ring (bicyclic) bond motifs is 1. The van der Waals surface area contributed by atoms with Gasteiger partial charge in [0, 0.05) is 18.3 Å². The minimum absolute atomic E-state index is 0.245. The first-order valence-electron chi connectivity index (χ1n) is 9.41. The number of carbonyl (C=O) groups excluding carboxylic acids is 1. The van der Waals surface area contributed by atoms with E-state index in [0.717, 1.165) is 23.3 Å². The molecule has 10 heteroatoms. The molecule has 2 amide bonds. The molecule has 0 aliphatic rings. The highest BCUT2D eigenvalue weighted by Gasteiger charge is 2.11. The number of pyridine rings is 1. The molecule has 0 radical (unpaired) electrons. The highest BCUT2D eigenvalue weighted by molar-refractivity contribution is 5.73. The summed E-state index contributed by atoms with van der Waals surface area (Å²) in [6.07, 6.45) is 2.53. The molecule has 2 N–H and O–H groups in total. The van der Waals surface area contributed by atoms with Crippen molar-refractivity contribution >= 4 is 11.7 Å². The predicted octanol–water partition coefficient (Wildman–Crippen LogP) is 2.14. The van der Waals surface area contributed by atoms with Crippen molar-refractivity contribution in [2.75, 3.05) is 13.7 Å². The van der Waals surface area contributed by atoms with Crippen LogP contribution in [0.4, 0.5) is 4.79 Å². The van der Waals surface area contributed by atoms with Gasteiger partial charge < -0.3 is 19.9 Å². The van der Waals surface area contributed by atoms with E-state index in [1.165, 1.54) is 0 Å². The summed E-state index contributed by atoms with van der Waals surface area (Å²) in [5, 5.41) is 17.7. The zero-order chi connectivity index (χ0) is 20.9. The van der Waals surface area contributed by atoms with E-state index in [9.17, 15) is 4.79 Å². The average molecular weight is 407 g/mol. The highest BCUT2D eigenvalue weighted by atomic mass is 16.5. The van der Waals surface area contributed by atoms with Gasteiger partial charge in [-0.3, -0.25) is 4.40 Å². The molecule has 4 aromatic rings. The van der Waals surface area contributed by atoms with Gasteiger partial charge in [-0.25, -0.2) is 4.79 Å². The fraction of sp³-hybridized carbons (Fsp3) is 0.250. The quantitative estimate of drug-likeness (QED) is 0.482. The Hall–Kier alpha value is -3.95. The van der Waals surface area contributed by atoms with Crippen molar-refractivity contribution in [3.8, 4) is 17.2 Å². The van der Waals surface area contributed by atoms with Gasteiger partial charge in [0.25, 0.3) is 5.89 Å². The van der Waals surface area contributed by atoms with Gasteiger partial charge in [0.15, 0.2) is 17.3 Å². The summed E-state index contributed by atoms with van der Waals surface area (Å²) in [7, 11) is 1.63. The molecule has 1 aromatic carbocycles. The van der Waals surface area contributed by atoms with Crippen LogP contribution in [0.3, 0.4) is 0 Å². The van der Waals surface area contributed by atoms with Gasteiger partial charge >= 0.3 is 6.03 Å². The molecule has 0 bridgehead atoms. The third-order valence-corrected chi connectivity index (χ3v) is 4.52. The normalized spacial score (nSPS) is 10.9. The fourth-order valence-electron chi connectivity index (χ4n) is 2.94. The maximum Gasteiger partial charge on any atom is 0.315 e. The maximum absolute atomic E-state index is 12.1. The van der Waals surface area contributed by atoms with E-state index in [2.05, 4.69) is 31.0 Å². The largest absolute Gasteiger partial charge is 0.497 e. The minimum Gasteiger partial charge on any atom is -0.497 e. The van der Waals surface area contributed by atoms with Gasteiger partial charge in [-0.15, -0.1) is 10.2 Å². The van der Waals surface area contributed by atoms with Gasteiger partial charge in [0.1, 0.15) is 5.75 Å². The first kappa shape index (κ1) is 19.4. The molecule has 154 valence electrons. The Morgan fingerprint density at radius 3 is 2.73 bits per heavy atom. The minimum atomic E-state index is -0.266. The number of aryl methyl sites for hydroxylation is 1. The van der Waals surface area contributed by atoms with E-state index in [4.69, 9.17) is 9.26 Å². The summed E-state index contributed by atoms with van der Waals surface area (Å²) in [5.41, 5.74) is 2.50. The lowest BCUT2D eigenvalue weighted by atomic mass is 10.1. The fourth-order valence-corrected chi connectivity index (χ4v) is 2.94. The predicted molar refractivity (Wildman–Crippen MR) is 108 cm³/mol. The number of hydrogen-bond acceptors (Lipinski definition) is 7. The first-order valence-corrected chi connectivity index (χ1v) is 9.41. The molecule has 0 saturated carbocycles. The molecule has 3 heterocycles. The van der Waals surface area contributed by atoms with Crippen LogP contribution >= 0.6 is 0 Å². The Bertz CT molecular complexity index is 1150. The number of benzene rings is 1. The van der Waals surface area contributed by atoms with Crippen LogP contribution in [0, 0.1) is 6.92 Å². The van der Waals surface area contributed by atoms with Gasteiger partial charge in [-0.2, -0.15) is 4.98 Å². The SMILES string of the molecule is COc1ccc(CCNC(=O)NCc2nnc3cc(-c4nc(C)no4)ccn23)cc1. The van der Waals surface area contributed by atoms with E-state index in [0.29, 0.717) is 29.7 Å². The molecule has 0 fully saturated rings. The number of ether oxygens (including phenoxy) is 1. The Labute approximate surface area is 172 Å². The lowest BCUT2D eigenvalue weighted by Crippen LogP contribution is -2.36. The van der Waals surface area contributed by atoms with Crippen molar-refractivity contribution in [3.05, 3.63) is 59.8 Å². The molecular weight excluding hydrogens is 386 g/mol. The van der Waals surface area contributed by atoms with E-state index in [1.807, 2.05) is 36.5 Å². The standard InChI is InChI=1S/C20H21N7O3/c1-13-23-19(30-26-13)15-8-10-27-17(11-15)24-25-18(27)12-22-20(28)21-9-7-14-3-5-16(29-2)6-4-14/h3-6,8,10-11H,7,9,12H2,1-2H3,(H2,21,22,28). The number of hydrogen-bond donors (Lipinski definition) is 2. The molecule has 0 unspecified atom stereocenters. The summed E-state index contributed by atoms with van der Waals surface area (Å²) in [6, 6.07) is 11.1. The van der Waals surface area contributed by atoms with Crippen LogP contribution in [0.5, 0.6) is 5.75 Å². The number of rotatable bonds is 7. The van der Waals surface area contributed by atoms with Crippen molar-refractivity contribution in [2.24, 2.45) is 0 Å². The molecule has 10 nitrogen and oxygen atoms in total. The number of nitrogens with zero attached hydrogens (tertiary/aromatic N) is 5. The molecular formula is C20H21N7O3. The molecule has 3 aromatic heterocycles. The second-order valence-electron chi connectivity index (χ2n) is 6.61. The molecule has 0 aliphatic carbocycles. The molecule has 30 heavy (non-hydrogen) atoms. The Morgan fingerprint density at radius 2 is 2.00 bits per heavy atom.